The van der Waals surface area contributed by atoms with Gasteiger partial charge >= 0.3 is 12.2 Å². The smallest absolute Gasteiger partial charge is 0.411 e. The number of nitrogens with one attached hydrogen (secondary N) is 4. The minimum absolute atomic E-state index is 0.0712. The first kappa shape index (κ1) is 41.9. The fourth-order valence-corrected chi connectivity index (χ4v) is 7.71. The maximum atomic E-state index is 13.1. The van der Waals surface area contributed by atoms with E-state index in [-0.39, 0.29) is 47.9 Å². The van der Waals surface area contributed by atoms with Gasteiger partial charge in [0.2, 0.25) is 11.5 Å². The molecular weight excluding hydrogens is 767 g/mol. The molecule has 0 radical (unpaired) electrons. The highest BCUT2D eigenvalue weighted by Gasteiger charge is 2.26. The van der Waals surface area contributed by atoms with Gasteiger partial charge in [-0.15, -0.1) is 0 Å². The Kier molecular flexibility index (Phi) is 14.0. The van der Waals surface area contributed by atoms with E-state index in [4.69, 9.17) is 9.47 Å². The Morgan fingerprint density at radius 3 is 2.38 bits per heavy atom. The zero-order chi connectivity index (χ0) is 41.8. The predicted octanol–water partition coefficient (Wildman–Crippen LogP) is 6.01. The Balaban J connectivity index is 0.743. The van der Waals surface area contributed by atoms with Crippen LogP contribution in [0.15, 0.2) is 102 Å². The number of ether oxygens (including phenoxy) is 2. The van der Waals surface area contributed by atoms with Crippen molar-refractivity contribution in [3.8, 4) is 16.9 Å². The number of pyridine rings is 2. The van der Waals surface area contributed by atoms with E-state index >= 15 is 0 Å². The van der Waals surface area contributed by atoms with Crippen molar-refractivity contribution in [3.63, 3.8) is 0 Å². The van der Waals surface area contributed by atoms with Gasteiger partial charge in [-0.25, -0.2) is 9.59 Å². The number of carbonyl (C=O) groups is 3. The van der Waals surface area contributed by atoms with E-state index < -0.39 is 18.3 Å². The maximum absolute atomic E-state index is 13.1. The second-order valence-electron chi connectivity index (χ2n) is 15.3. The third-order valence-corrected chi connectivity index (χ3v) is 11.1. The number of phenols is 1. The fourth-order valence-electron chi connectivity index (χ4n) is 7.71. The number of anilines is 2. The lowest BCUT2D eigenvalue weighted by Gasteiger charge is -2.34. The highest BCUT2D eigenvalue weighted by molar-refractivity contribution is 5.91. The van der Waals surface area contributed by atoms with Crippen LogP contribution >= 0.6 is 0 Å². The molecule has 2 saturated heterocycles. The molecule has 7 rings (SSSR count). The summed E-state index contributed by atoms with van der Waals surface area (Å²) in [4.78, 5) is 61.2. The van der Waals surface area contributed by atoms with E-state index in [1.807, 2.05) is 59.5 Å². The number of benzene rings is 3. The first-order valence-electron chi connectivity index (χ1n) is 20.4. The number of fused-ring (bicyclic) bond motifs is 1. The lowest BCUT2D eigenvalue weighted by Crippen LogP contribution is -2.43. The number of aromatic nitrogens is 2. The van der Waals surface area contributed by atoms with Crippen molar-refractivity contribution in [2.75, 3.05) is 56.5 Å². The minimum atomic E-state index is -0.900. The molecule has 0 spiro atoms. The predicted molar refractivity (Wildman–Crippen MR) is 227 cm³/mol. The quantitative estimate of drug-likeness (QED) is 0.0768. The zero-order valence-electron chi connectivity index (χ0n) is 33.3. The van der Waals surface area contributed by atoms with E-state index in [1.54, 1.807) is 24.3 Å². The van der Waals surface area contributed by atoms with E-state index in [0.717, 1.165) is 37.1 Å². The molecule has 2 fully saturated rings. The molecule has 4 heterocycles. The molecular formula is C45H51N7O8. The van der Waals surface area contributed by atoms with Gasteiger partial charge in [-0.2, -0.15) is 0 Å². The number of hydrogen-bond donors (Lipinski definition) is 6. The van der Waals surface area contributed by atoms with Crippen LogP contribution in [0.3, 0.4) is 0 Å². The first-order valence-corrected chi connectivity index (χ1v) is 20.4. The molecule has 6 N–H and O–H groups in total. The Morgan fingerprint density at radius 2 is 1.62 bits per heavy atom. The summed E-state index contributed by atoms with van der Waals surface area (Å²) in [6.45, 7) is 4.22. The summed E-state index contributed by atoms with van der Waals surface area (Å²) in [6.07, 6.45) is 2.76. The Hall–Kier alpha value is -6.29. The van der Waals surface area contributed by atoms with Crippen LogP contribution in [0.2, 0.25) is 0 Å². The van der Waals surface area contributed by atoms with Gasteiger partial charge in [0.1, 0.15) is 11.9 Å². The van der Waals surface area contributed by atoms with Gasteiger partial charge < -0.3 is 39.8 Å². The number of para-hydroxylation sites is 1. The molecule has 60 heavy (non-hydrogen) atoms. The van der Waals surface area contributed by atoms with Crippen molar-refractivity contribution in [2.24, 2.45) is 5.92 Å². The number of aliphatic hydroxyl groups is 1. The van der Waals surface area contributed by atoms with Gasteiger partial charge in [0.05, 0.1) is 41.5 Å². The largest absolute Gasteiger partial charge is 0.506 e. The maximum Gasteiger partial charge on any atom is 0.411 e. The Morgan fingerprint density at radius 1 is 0.850 bits per heavy atom. The van der Waals surface area contributed by atoms with Gasteiger partial charge in [0.25, 0.3) is 0 Å². The first-order chi connectivity index (χ1) is 29.2. The molecule has 5 aromatic rings. The number of phenolic OH excluding ortho intramolecular Hbond substituents is 1. The van der Waals surface area contributed by atoms with E-state index in [1.165, 1.54) is 18.3 Å². The Labute approximate surface area is 347 Å². The summed E-state index contributed by atoms with van der Waals surface area (Å²) in [5.41, 5.74) is 4.32. The molecule has 0 bridgehead atoms. The summed E-state index contributed by atoms with van der Waals surface area (Å²) in [6, 6.07) is 27.0. The number of aliphatic hydroxyl groups excluding tert-OH is 1. The van der Waals surface area contributed by atoms with Crippen molar-refractivity contribution in [3.05, 3.63) is 119 Å². The molecule has 0 aliphatic carbocycles. The molecule has 0 unspecified atom stereocenters. The Bertz CT molecular complexity index is 2290. The van der Waals surface area contributed by atoms with Crippen LogP contribution in [-0.4, -0.2) is 100 Å². The van der Waals surface area contributed by atoms with Gasteiger partial charge in [-0.05, 0) is 73.1 Å². The monoisotopic (exact) mass is 817 g/mol. The number of piperidine rings is 2. The SMILES string of the molecule is O=C(Nc1ccc(CNC[C@H](O)c2ccc(O)c3[nH]c(=O)ccc23)nc1)OCC1CCN(C(=O)CCN2CCC(OC(=O)Nc3ccccc3-c3ccccc3)CC2)CC1. The third kappa shape index (κ3) is 11.3. The lowest BCUT2D eigenvalue weighted by atomic mass is 9.97. The van der Waals surface area contributed by atoms with Crippen LogP contribution in [-0.2, 0) is 20.8 Å². The van der Waals surface area contributed by atoms with E-state index in [0.29, 0.717) is 73.5 Å². The summed E-state index contributed by atoms with van der Waals surface area (Å²) in [7, 11) is 0. The van der Waals surface area contributed by atoms with Crippen LogP contribution in [0.25, 0.3) is 22.0 Å². The summed E-state index contributed by atoms with van der Waals surface area (Å²) in [5, 5.41) is 30.2. The van der Waals surface area contributed by atoms with Gasteiger partial charge in [0.15, 0.2) is 0 Å². The standard InChI is InChI=1S/C45H51N7O8/c53-39-14-12-36(37-13-15-41(55)50-43(37)39)40(54)28-46-26-32-10-11-33(27-47-32)48-44(57)59-29-30-16-24-52(25-17-30)42(56)20-23-51-21-18-34(19-22-51)60-45(58)49-38-9-5-4-8-35(38)31-6-2-1-3-7-31/h1-15,27,30,34,40,46,53-54H,16-26,28-29H2,(H,48,57)(H,49,58)(H,50,55)/t40-/m0/s1. The number of carbonyl (C=O) groups excluding carboxylic acids is 3. The van der Waals surface area contributed by atoms with Gasteiger partial charge in [-0.1, -0.05) is 54.6 Å². The van der Waals surface area contributed by atoms with Crippen molar-refractivity contribution in [1.82, 2.24) is 25.1 Å². The van der Waals surface area contributed by atoms with E-state index in [2.05, 4.69) is 30.8 Å². The number of hydrogen-bond acceptors (Lipinski definition) is 11. The molecule has 3 amide bonds. The molecule has 15 heteroatoms. The van der Waals surface area contributed by atoms with Crippen LogP contribution in [0, 0.1) is 5.92 Å². The van der Waals surface area contributed by atoms with E-state index in [9.17, 15) is 29.4 Å². The number of nitrogens with zero attached hydrogens (tertiary/aromatic N) is 3. The molecule has 2 aromatic heterocycles. The number of amides is 3. The lowest BCUT2D eigenvalue weighted by molar-refractivity contribution is -0.133. The van der Waals surface area contributed by atoms with Crippen LogP contribution in [0.5, 0.6) is 5.75 Å². The highest BCUT2D eigenvalue weighted by atomic mass is 16.6. The molecule has 3 aromatic carbocycles. The minimum Gasteiger partial charge on any atom is -0.506 e. The number of H-pyrrole nitrogens is 1. The molecule has 314 valence electrons. The summed E-state index contributed by atoms with van der Waals surface area (Å²) >= 11 is 0. The van der Waals surface area contributed by atoms with Crippen molar-refractivity contribution in [2.45, 2.75) is 50.9 Å². The topological polar surface area (TPSA) is 198 Å². The number of rotatable bonds is 14. The fraction of sp³-hybridized carbons (Fsp3) is 0.356. The van der Waals surface area contributed by atoms with Gasteiger partial charge in [0, 0.05) is 69.3 Å². The summed E-state index contributed by atoms with van der Waals surface area (Å²) < 4.78 is 11.3. The zero-order valence-corrected chi connectivity index (χ0v) is 33.3. The molecule has 2 aliphatic rings. The normalized spacial score (nSPS) is 15.7. The van der Waals surface area contributed by atoms with Crippen LogP contribution in [0.1, 0.15) is 49.5 Å². The van der Waals surface area contributed by atoms with Crippen LogP contribution < -0.4 is 21.5 Å². The van der Waals surface area contributed by atoms with Gasteiger partial charge in [-0.3, -0.25) is 25.2 Å². The molecule has 0 saturated carbocycles. The van der Waals surface area contributed by atoms with Crippen LogP contribution in [0.4, 0.5) is 21.0 Å². The second-order valence-corrected chi connectivity index (χ2v) is 15.3. The average Bonchev–Trinajstić information content (AvgIpc) is 3.27. The van der Waals surface area contributed by atoms with Crippen molar-refractivity contribution >= 4 is 40.4 Å². The summed E-state index contributed by atoms with van der Waals surface area (Å²) in [5.74, 6) is 0.207. The van der Waals surface area contributed by atoms with Crippen molar-refractivity contribution in [1.29, 1.82) is 0 Å². The molecule has 2 aliphatic heterocycles. The number of aromatic amines is 1. The number of aromatic hydroxyl groups is 1. The van der Waals surface area contributed by atoms with Crippen molar-refractivity contribution < 1.29 is 34.1 Å². The molecule has 15 nitrogen and oxygen atoms in total. The number of likely N-dealkylation sites (tertiary alicyclic amines) is 2. The molecule has 1 atom stereocenters. The average molecular weight is 818 g/mol. The second kappa shape index (κ2) is 20.1. The highest BCUT2D eigenvalue weighted by Crippen LogP contribution is 2.30. The third-order valence-electron chi connectivity index (χ3n) is 11.1.